The Balaban J connectivity index is 1.80. The van der Waals surface area contributed by atoms with Gasteiger partial charge in [-0.05, 0) is 38.5 Å². The van der Waals surface area contributed by atoms with E-state index in [-0.39, 0.29) is 0 Å². The summed E-state index contributed by atoms with van der Waals surface area (Å²) in [7, 11) is 0. The van der Waals surface area contributed by atoms with Crippen molar-refractivity contribution in [1.29, 1.82) is 0 Å². The Morgan fingerprint density at radius 1 is 0.692 bits per heavy atom. The Morgan fingerprint density at radius 2 is 1.15 bits per heavy atom. The van der Waals surface area contributed by atoms with E-state index in [1.807, 2.05) is 0 Å². The van der Waals surface area contributed by atoms with E-state index in [9.17, 15) is 0 Å². The van der Waals surface area contributed by atoms with E-state index in [2.05, 4.69) is 24.3 Å². The summed E-state index contributed by atoms with van der Waals surface area (Å²) >= 11 is 0. The van der Waals surface area contributed by atoms with Crippen LogP contribution in [0.4, 0.5) is 0 Å². The molecule has 72 valence electrons. The monoisotopic (exact) mass is 178 g/mol. The van der Waals surface area contributed by atoms with Crippen molar-refractivity contribution in [2.75, 3.05) is 0 Å². The van der Waals surface area contributed by atoms with E-state index in [0.717, 1.165) is 0 Å². The maximum absolute atomic E-state index is 5.56. The Hall–Kier alpha value is -0.560. The molecule has 0 bridgehead atoms. The number of epoxide rings is 1. The van der Waals surface area contributed by atoms with Gasteiger partial charge >= 0.3 is 0 Å². The van der Waals surface area contributed by atoms with Gasteiger partial charge in [0.2, 0.25) is 0 Å². The van der Waals surface area contributed by atoms with Crippen LogP contribution in [0.15, 0.2) is 24.3 Å². The van der Waals surface area contributed by atoms with Crippen LogP contribution in [0.25, 0.3) is 0 Å². The number of rotatable bonds is 0. The van der Waals surface area contributed by atoms with Crippen LogP contribution in [-0.4, -0.2) is 12.2 Å². The zero-order chi connectivity index (χ0) is 8.93. The summed E-state index contributed by atoms with van der Waals surface area (Å²) in [5.74, 6) is 0. The molecule has 0 aromatic rings. The summed E-state index contributed by atoms with van der Waals surface area (Å²) in [6, 6.07) is 0. The van der Waals surface area contributed by atoms with Gasteiger partial charge in [0.05, 0.1) is 12.2 Å². The standard InChI is InChI=1S/C12H18O/c1-2-4-6-8-10-12-11(13-12)9-7-5-3-1/h3-6,11-12H,1-2,7-10H2/b5-3-,6-4-/t11-,12-/m1/s1. The van der Waals surface area contributed by atoms with Crippen LogP contribution in [0.1, 0.15) is 38.5 Å². The van der Waals surface area contributed by atoms with Crippen LogP contribution in [0.2, 0.25) is 0 Å². The molecule has 1 heteroatoms. The number of fused-ring (bicyclic) bond motifs is 1. The molecule has 2 aliphatic rings. The van der Waals surface area contributed by atoms with Gasteiger partial charge in [-0.1, -0.05) is 24.3 Å². The fourth-order valence-corrected chi connectivity index (χ4v) is 1.87. The van der Waals surface area contributed by atoms with Crippen LogP contribution in [0, 0.1) is 0 Å². The van der Waals surface area contributed by atoms with Crippen molar-refractivity contribution < 1.29 is 4.74 Å². The predicted octanol–water partition coefficient (Wildman–Crippen LogP) is 3.22. The quantitative estimate of drug-likeness (QED) is 0.410. The lowest BCUT2D eigenvalue weighted by Gasteiger charge is -1.94. The molecule has 0 radical (unpaired) electrons. The maximum Gasteiger partial charge on any atom is 0.0845 e. The van der Waals surface area contributed by atoms with E-state index >= 15 is 0 Å². The molecule has 2 rings (SSSR count). The first-order valence-corrected chi connectivity index (χ1v) is 5.42. The van der Waals surface area contributed by atoms with Crippen LogP contribution >= 0.6 is 0 Å². The Labute approximate surface area is 80.5 Å². The normalized spacial score (nSPS) is 39.4. The van der Waals surface area contributed by atoms with Gasteiger partial charge in [0.15, 0.2) is 0 Å². The van der Waals surface area contributed by atoms with E-state index in [1.54, 1.807) is 0 Å². The van der Waals surface area contributed by atoms with Gasteiger partial charge in [-0.15, -0.1) is 0 Å². The Bertz CT molecular complexity index is 183. The number of allylic oxidation sites excluding steroid dienone is 4. The van der Waals surface area contributed by atoms with Gasteiger partial charge in [0, 0.05) is 0 Å². The van der Waals surface area contributed by atoms with E-state index in [4.69, 9.17) is 4.74 Å². The third-order valence-electron chi connectivity index (χ3n) is 2.76. The number of hydrogen-bond donors (Lipinski definition) is 0. The van der Waals surface area contributed by atoms with Gasteiger partial charge < -0.3 is 4.74 Å². The van der Waals surface area contributed by atoms with Gasteiger partial charge in [-0.25, -0.2) is 0 Å². The van der Waals surface area contributed by atoms with E-state index < -0.39 is 0 Å². The van der Waals surface area contributed by atoms with Crippen molar-refractivity contribution in [2.24, 2.45) is 0 Å². The van der Waals surface area contributed by atoms with E-state index in [1.165, 1.54) is 38.5 Å². The molecule has 1 heterocycles. The molecule has 0 aromatic carbocycles. The Morgan fingerprint density at radius 3 is 1.69 bits per heavy atom. The maximum atomic E-state index is 5.56. The molecule has 1 aliphatic heterocycles. The predicted molar refractivity (Wildman–Crippen MR) is 54.6 cm³/mol. The first-order chi connectivity index (χ1) is 6.47. The molecule has 0 aromatic heterocycles. The molecular formula is C12H18O. The molecule has 0 spiro atoms. The van der Waals surface area contributed by atoms with Crippen molar-refractivity contribution in [2.45, 2.75) is 50.7 Å². The molecule has 1 aliphatic carbocycles. The lowest BCUT2D eigenvalue weighted by molar-refractivity contribution is 0.357. The summed E-state index contributed by atoms with van der Waals surface area (Å²) in [5.41, 5.74) is 0. The highest BCUT2D eigenvalue weighted by atomic mass is 16.6. The Kier molecular flexibility index (Phi) is 3.20. The molecule has 2 atom stereocenters. The van der Waals surface area contributed by atoms with Crippen molar-refractivity contribution in [3.05, 3.63) is 24.3 Å². The average Bonchev–Trinajstić information content (AvgIpc) is 2.83. The summed E-state index contributed by atoms with van der Waals surface area (Å²) in [4.78, 5) is 0. The second-order valence-corrected chi connectivity index (χ2v) is 3.89. The summed E-state index contributed by atoms with van der Waals surface area (Å²) in [6.07, 6.45) is 17.6. The SMILES string of the molecule is C1=C\CC[C@H]2O[C@@H]2CC/C=C\CC/1. The molecule has 1 fully saturated rings. The van der Waals surface area contributed by atoms with Crippen molar-refractivity contribution >= 4 is 0 Å². The first-order valence-electron chi connectivity index (χ1n) is 5.42. The smallest absolute Gasteiger partial charge is 0.0845 e. The van der Waals surface area contributed by atoms with Crippen LogP contribution < -0.4 is 0 Å². The van der Waals surface area contributed by atoms with Crippen LogP contribution in [0.3, 0.4) is 0 Å². The topological polar surface area (TPSA) is 12.5 Å². The zero-order valence-corrected chi connectivity index (χ0v) is 8.11. The van der Waals surface area contributed by atoms with Gasteiger partial charge in [0.25, 0.3) is 0 Å². The third-order valence-corrected chi connectivity index (χ3v) is 2.76. The second kappa shape index (κ2) is 4.61. The van der Waals surface area contributed by atoms with E-state index in [0.29, 0.717) is 12.2 Å². The minimum atomic E-state index is 0.581. The van der Waals surface area contributed by atoms with Gasteiger partial charge in [-0.2, -0.15) is 0 Å². The molecule has 0 unspecified atom stereocenters. The second-order valence-electron chi connectivity index (χ2n) is 3.89. The highest BCUT2D eigenvalue weighted by Crippen LogP contribution is 2.30. The molecule has 1 nitrogen and oxygen atoms in total. The molecule has 0 amide bonds. The lowest BCUT2D eigenvalue weighted by Crippen LogP contribution is -1.93. The fourth-order valence-electron chi connectivity index (χ4n) is 1.87. The minimum absolute atomic E-state index is 0.581. The third kappa shape index (κ3) is 3.00. The average molecular weight is 178 g/mol. The van der Waals surface area contributed by atoms with Crippen molar-refractivity contribution in [3.63, 3.8) is 0 Å². The molecule has 1 saturated heterocycles. The zero-order valence-electron chi connectivity index (χ0n) is 8.11. The highest BCUT2D eigenvalue weighted by Gasteiger charge is 2.36. The van der Waals surface area contributed by atoms with Crippen molar-refractivity contribution in [1.82, 2.24) is 0 Å². The lowest BCUT2D eigenvalue weighted by atomic mass is 10.1. The van der Waals surface area contributed by atoms with Crippen molar-refractivity contribution in [3.8, 4) is 0 Å². The van der Waals surface area contributed by atoms with Gasteiger partial charge in [-0.3, -0.25) is 0 Å². The molecule has 13 heavy (non-hydrogen) atoms. The largest absolute Gasteiger partial charge is 0.370 e. The molecular weight excluding hydrogens is 160 g/mol. The summed E-state index contributed by atoms with van der Waals surface area (Å²) in [5, 5.41) is 0. The number of hydrogen-bond acceptors (Lipinski definition) is 1. The fraction of sp³-hybridized carbons (Fsp3) is 0.667. The van der Waals surface area contributed by atoms with Gasteiger partial charge in [0.1, 0.15) is 0 Å². The van der Waals surface area contributed by atoms with Crippen LogP contribution in [0.5, 0.6) is 0 Å². The summed E-state index contributed by atoms with van der Waals surface area (Å²) < 4.78 is 5.56. The minimum Gasteiger partial charge on any atom is -0.370 e. The number of ether oxygens (including phenoxy) is 1. The summed E-state index contributed by atoms with van der Waals surface area (Å²) in [6.45, 7) is 0. The molecule has 0 saturated carbocycles. The molecule has 0 N–H and O–H groups in total. The van der Waals surface area contributed by atoms with Crippen LogP contribution in [-0.2, 0) is 4.74 Å². The highest BCUT2D eigenvalue weighted by molar-refractivity contribution is 4.94. The first kappa shape index (κ1) is 9.01.